The standard InChI is InChI=1S/C23H33ClN6O/c1-5-25-23(27-15-20(29(2)3)18-9-6-7-11-21(18)31-4)28-17-12-14-30(16-17)22-19(24)10-8-13-26-22/h6-11,13,17,20H,5,12,14-16H2,1-4H3,(H2,25,27,28). The van der Waals surface area contributed by atoms with Crippen LogP contribution in [0.1, 0.15) is 24.9 Å². The van der Waals surface area contributed by atoms with E-state index in [-0.39, 0.29) is 12.1 Å². The molecule has 1 aromatic heterocycles. The first-order valence-corrected chi connectivity index (χ1v) is 11.1. The van der Waals surface area contributed by atoms with Crippen LogP contribution in [-0.2, 0) is 0 Å². The Morgan fingerprint density at radius 1 is 1.32 bits per heavy atom. The van der Waals surface area contributed by atoms with Gasteiger partial charge in [0.15, 0.2) is 5.96 Å². The van der Waals surface area contributed by atoms with Gasteiger partial charge in [0.25, 0.3) is 0 Å². The molecule has 0 bridgehead atoms. The number of rotatable bonds is 8. The van der Waals surface area contributed by atoms with Crippen LogP contribution >= 0.6 is 11.6 Å². The van der Waals surface area contributed by atoms with Gasteiger partial charge < -0.3 is 25.2 Å². The zero-order valence-corrected chi connectivity index (χ0v) is 19.6. The van der Waals surface area contributed by atoms with Crippen molar-refractivity contribution in [3.8, 4) is 5.75 Å². The van der Waals surface area contributed by atoms with Gasteiger partial charge in [-0.1, -0.05) is 29.8 Å². The molecule has 1 aromatic carbocycles. The summed E-state index contributed by atoms with van der Waals surface area (Å²) in [6.07, 6.45) is 2.79. The number of guanidine groups is 1. The largest absolute Gasteiger partial charge is 0.496 e. The second-order valence-corrected chi connectivity index (χ2v) is 8.23. The minimum absolute atomic E-state index is 0.110. The number of hydrogen-bond donors (Lipinski definition) is 2. The Bertz CT molecular complexity index is 875. The third kappa shape index (κ3) is 6.02. The van der Waals surface area contributed by atoms with E-state index in [4.69, 9.17) is 21.3 Å². The number of nitrogens with one attached hydrogen (secondary N) is 2. The van der Waals surface area contributed by atoms with Crippen LogP contribution in [0.15, 0.2) is 47.6 Å². The van der Waals surface area contributed by atoms with E-state index in [1.165, 1.54) is 0 Å². The lowest BCUT2D eigenvalue weighted by Gasteiger charge is -2.26. The molecule has 31 heavy (non-hydrogen) atoms. The maximum Gasteiger partial charge on any atom is 0.191 e. The van der Waals surface area contributed by atoms with E-state index >= 15 is 0 Å². The van der Waals surface area contributed by atoms with Crippen molar-refractivity contribution in [2.45, 2.75) is 25.4 Å². The summed E-state index contributed by atoms with van der Waals surface area (Å²) in [5.41, 5.74) is 1.13. The molecular formula is C23H33ClN6O. The van der Waals surface area contributed by atoms with Crippen LogP contribution in [0.5, 0.6) is 5.75 Å². The number of ether oxygens (including phenoxy) is 1. The fourth-order valence-corrected chi connectivity index (χ4v) is 4.09. The van der Waals surface area contributed by atoms with Crippen LogP contribution in [0.25, 0.3) is 0 Å². The SMILES string of the molecule is CCNC(=NCC(c1ccccc1OC)N(C)C)NC1CCN(c2ncccc2Cl)C1. The van der Waals surface area contributed by atoms with E-state index in [0.717, 1.165) is 49.1 Å². The molecule has 7 nitrogen and oxygen atoms in total. The summed E-state index contributed by atoms with van der Waals surface area (Å²) in [6, 6.07) is 12.3. The van der Waals surface area contributed by atoms with Gasteiger partial charge in [-0.3, -0.25) is 4.99 Å². The van der Waals surface area contributed by atoms with Gasteiger partial charge in [0.05, 0.1) is 24.7 Å². The highest BCUT2D eigenvalue weighted by Gasteiger charge is 2.26. The monoisotopic (exact) mass is 444 g/mol. The molecular weight excluding hydrogens is 412 g/mol. The quantitative estimate of drug-likeness (QED) is 0.481. The Hall–Kier alpha value is -2.51. The first-order valence-electron chi connectivity index (χ1n) is 10.7. The highest BCUT2D eigenvalue weighted by atomic mass is 35.5. The van der Waals surface area contributed by atoms with Gasteiger partial charge in [0.1, 0.15) is 11.6 Å². The van der Waals surface area contributed by atoms with Crippen molar-refractivity contribution in [3.05, 3.63) is 53.2 Å². The van der Waals surface area contributed by atoms with Crippen LogP contribution < -0.4 is 20.3 Å². The molecule has 1 aliphatic heterocycles. The lowest BCUT2D eigenvalue weighted by molar-refractivity contribution is 0.295. The minimum atomic E-state index is 0.110. The number of anilines is 1. The molecule has 2 heterocycles. The molecule has 2 atom stereocenters. The third-order valence-corrected chi connectivity index (χ3v) is 5.75. The minimum Gasteiger partial charge on any atom is -0.496 e. The summed E-state index contributed by atoms with van der Waals surface area (Å²) in [4.78, 5) is 13.7. The fourth-order valence-electron chi connectivity index (χ4n) is 3.85. The number of likely N-dealkylation sites (N-methyl/N-ethyl adjacent to an activating group) is 1. The van der Waals surface area contributed by atoms with Crippen molar-refractivity contribution in [1.29, 1.82) is 0 Å². The van der Waals surface area contributed by atoms with Gasteiger partial charge in [-0.15, -0.1) is 0 Å². The van der Waals surface area contributed by atoms with Gasteiger partial charge in [-0.05, 0) is 45.6 Å². The summed E-state index contributed by atoms with van der Waals surface area (Å²) >= 11 is 6.33. The van der Waals surface area contributed by atoms with Crippen LogP contribution in [-0.4, -0.2) is 69.3 Å². The van der Waals surface area contributed by atoms with E-state index in [9.17, 15) is 0 Å². The molecule has 2 unspecified atom stereocenters. The van der Waals surface area contributed by atoms with Crippen LogP contribution in [0.4, 0.5) is 5.82 Å². The number of nitrogens with zero attached hydrogens (tertiary/aromatic N) is 4. The average molecular weight is 445 g/mol. The van der Waals surface area contributed by atoms with E-state index in [2.05, 4.69) is 52.5 Å². The van der Waals surface area contributed by atoms with Gasteiger partial charge in [0.2, 0.25) is 0 Å². The van der Waals surface area contributed by atoms with Crippen molar-refractivity contribution >= 4 is 23.4 Å². The summed E-state index contributed by atoms with van der Waals surface area (Å²) in [5, 5.41) is 7.65. The maximum atomic E-state index is 6.33. The molecule has 2 N–H and O–H groups in total. The Morgan fingerprint density at radius 3 is 2.84 bits per heavy atom. The Labute approximate surface area is 190 Å². The van der Waals surface area contributed by atoms with Crippen LogP contribution in [0, 0.1) is 0 Å². The highest BCUT2D eigenvalue weighted by Crippen LogP contribution is 2.28. The molecule has 2 aromatic rings. The number of benzene rings is 1. The van der Waals surface area contributed by atoms with Gasteiger partial charge in [-0.2, -0.15) is 0 Å². The first-order chi connectivity index (χ1) is 15.0. The number of aromatic nitrogens is 1. The smallest absolute Gasteiger partial charge is 0.191 e. The van der Waals surface area contributed by atoms with Gasteiger partial charge >= 0.3 is 0 Å². The molecule has 168 valence electrons. The number of hydrogen-bond acceptors (Lipinski definition) is 5. The number of methoxy groups -OCH3 is 1. The second-order valence-electron chi connectivity index (χ2n) is 7.83. The summed E-state index contributed by atoms with van der Waals surface area (Å²) in [5.74, 6) is 2.55. The lowest BCUT2D eigenvalue weighted by Crippen LogP contribution is -2.45. The summed E-state index contributed by atoms with van der Waals surface area (Å²) < 4.78 is 5.57. The summed E-state index contributed by atoms with van der Waals surface area (Å²) in [6.45, 7) is 5.25. The van der Waals surface area contributed by atoms with Gasteiger partial charge in [-0.25, -0.2) is 4.98 Å². The molecule has 0 saturated carbocycles. The van der Waals surface area contributed by atoms with Crippen molar-refractivity contribution in [2.75, 3.05) is 52.3 Å². The molecule has 0 amide bonds. The Balaban J connectivity index is 1.69. The van der Waals surface area contributed by atoms with E-state index in [1.807, 2.05) is 30.3 Å². The van der Waals surface area contributed by atoms with E-state index < -0.39 is 0 Å². The number of para-hydroxylation sites is 1. The molecule has 1 fully saturated rings. The molecule has 0 radical (unpaired) electrons. The molecule has 0 aliphatic carbocycles. The molecule has 0 spiro atoms. The van der Waals surface area contributed by atoms with E-state index in [0.29, 0.717) is 11.6 Å². The Morgan fingerprint density at radius 2 is 2.13 bits per heavy atom. The molecule has 3 rings (SSSR count). The van der Waals surface area contributed by atoms with E-state index in [1.54, 1.807) is 13.3 Å². The van der Waals surface area contributed by atoms with Crippen molar-refractivity contribution in [1.82, 2.24) is 20.5 Å². The van der Waals surface area contributed by atoms with Crippen molar-refractivity contribution < 1.29 is 4.74 Å². The first kappa shape index (κ1) is 23.2. The zero-order chi connectivity index (χ0) is 22.2. The highest BCUT2D eigenvalue weighted by molar-refractivity contribution is 6.32. The van der Waals surface area contributed by atoms with Gasteiger partial charge in [0, 0.05) is 37.4 Å². The molecule has 1 aliphatic rings. The van der Waals surface area contributed by atoms with Crippen LogP contribution in [0.3, 0.4) is 0 Å². The fraction of sp³-hybridized carbons (Fsp3) is 0.478. The third-order valence-electron chi connectivity index (χ3n) is 5.46. The second kappa shape index (κ2) is 11.2. The molecule has 8 heteroatoms. The lowest BCUT2D eigenvalue weighted by atomic mass is 10.0. The topological polar surface area (TPSA) is 65.0 Å². The number of aliphatic imine (C=N–C) groups is 1. The zero-order valence-electron chi connectivity index (χ0n) is 18.8. The number of pyridine rings is 1. The maximum absolute atomic E-state index is 6.33. The average Bonchev–Trinajstić information content (AvgIpc) is 3.22. The van der Waals surface area contributed by atoms with Crippen LogP contribution in [0.2, 0.25) is 5.02 Å². The van der Waals surface area contributed by atoms with Crippen molar-refractivity contribution in [2.24, 2.45) is 4.99 Å². The predicted octanol–water partition coefficient (Wildman–Crippen LogP) is 3.18. The summed E-state index contributed by atoms with van der Waals surface area (Å²) in [7, 11) is 5.84. The molecule has 1 saturated heterocycles. The van der Waals surface area contributed by atoms with Crippen molar-refractivity contribution in [3.63, 3.8) is 0 Å². The predicted molar refractivity (Wildman–Crippen MR) is 128 cm³/mol. The normalized spacial score (nSPS) is 17.7. The Kier molecular flexibility index (Phi) is 8.37. The number of halogens is 1.